The number of hydrogen-bond donors (Lipinski definition) is 5. The fourth-order valence-corrected chi connectivity index (χ4v) is 3.66. The molecule has 3 heterocycles. The van der Waals surface area contributed by atoms with E-state index < -0.39 is 0 Å². The van der Waals surface area contributed by atoms with Crippen molar-refractivity contribution < 1.29 is 4.79 Å². The Hall–Kier alpha value is -3.17. The van der Waals surface area contributed by atoms with Gasteiger partial charge in [-0.3, -0.25) is 4.79 Å². The number of thiazole rings is 1. The number of aromatic nitrogens is 3. The summed E-state index contributed by atoms with van der Waals surface area (Å²) in [7, 11) is 0. The molecule has 3 aromatic rings. The molecule has 29 heavy (non-hydrogen) atoms. The van der Waals surface area contributed by atoms with Crippen LogP contribution in [-0.2, 0) is 13.0 Å². The van der Waals surface area contributed by atoms with Crippen LogP contribution in [0.4, 0.5) is 0 Å². The highest BCUT2D eigenvalue weighted by molar-refractivity contribution is 7.09. The Kier molecular flexibility index (Phi) is 5.87. The minimum atomic E-state index is -0.170. The van der Waals surface area contributed by atoms with Crippen LogP contribution in [0.3, 0.4) is 0 Å². The van der Waals surface area contributed by atoms with Crippen molar-refractivity contribution in [3.05, 3.63) is 69.7 Å². The van der Waals surface area contributed by atoms with Gasteiger partial charge in [0.1, 0.15) is 11.5 Å². The van der Waals surface area contributed by atoms with Crippen molar-refractivity contribution >= 4 is 28.3 Å². The molecule has 5 N–H and O–H groups in total. The zero-order valence-electron chi connectivity index (χ0n) is 16.1. The second kappa shape index (κ2) is 8.89. The van der Waals surface area contributed by atoms with E-state index in [9.17, 15) is 4.79 Å². The highest BCUT2D eigenvalue weighted by Gasteiger charge is 2.11. The number of nitrogens with zero attached hydrogens (tertiary/aromatic N) is 2. The zero-order valence-corrected chi connectivity index (χ0v) is 16.9. The average Bonchev–Trinajstić information content (AvgIpc) is 3.37. The van der Waals surface area contributed by atoms with Gasteiger partial charge in [-0.2, -0.15) is 0 Å². The number of nitrogens with one attached hydrogen (secondary N) is 5. The van der Waals surface area contributed by atoms with E-state index in [-0.39, 0.29) is 5.91 Å². The number of carbonyl (C=O) groups excluding carboxylic acids is 1. The number of benzene rings is 1. The lowest BCUT2D eigenvalue weighted by molar-refractivity contribution is 0.0952. The van der Waals surface area contributed by atoms with Crippen molar-refractivity contribution in [1.29, 1.82) is 0 Å². The van der Waals surface area contributed by atoms with Crippen LogP contribution in [0.15, 0.2) is 53.2 Å². The first-order chi connectivity index (χ1) is 14.2. The summed E-state index contributed by atoms with van der Waals surface area (Å²) in [5, 5.41) is 8.97. The maximum Gasteiger partial charge on any atom is 0.271 e. The van der Waals surface area contributed by atoms with Gasteiger partial charge in [-0.05, 0) is 31.2 Å². The number of carbonyl (C=O) groups is 1. The lowest BCUT2D eigenvalue weighted by atomic mass is 10.3. The predicted molar refractivity (Wildman–Crippen MR) is 114 cm³/mol. The normalized spacial score (nSPS) is 13.4. The fraction of sp³-hybridized carbons (Fsp3) is 0.250. The molecule has 0 saturated carbocycles. The number of para-hydroxylation sites is 2. The van der Waals surface area contributed by atoms with E-state index in [4.69, 9.17) is 0 Å². The second-order valence-electron chi connectivity index (χ2n) is 6.73. The highest BCUT2D eigenvalue weighted by Crippen LogP contribution is 2.11. The van der Waals surface area contributed by atoms with Crippen LogP contribution in [-0.4, -0.2) is 33.9 Å². The van der Waals surface area contributed by atoms with Crippen molar-refractivity contribution in [3.8, 4) is 0 Å². The summed E-state index contributed by atoms with van der Waals surface area (Å²) in [6.45, 7) is 3.81. The fourth-order valence-electron chi connectivity index (χ4n) is 2.88. The van der Waals surface area contributed by atoms with E-state index in [1.807, 2.05) is 43.3 Å². The summed E-state index contributed by atoms with van der Waals surface area (Å²) in [6.07, 6.45) is 4.66. The van der Waals surface area contributed by atoms with Crippen molar-refractivity contribution in [3.63, 3.8) is 0 Å². The van der Waals surface area contributed by atoms with Crippen LogP contribution in [0.1, 0.15) is 28.2 Å². The Balaban J connectivity index is 1.21. The Labute approximate surface area is 172 Å². The molecule has 0 radical (unpaired) electrons. The topological polar surface area (TPSA) is 107 Å². The smallest absolute Gasteiger partial charge is 0.271 e. The van der Waals surface area contributed by atoms with E-state index in [0.717, 1.165) is 46.2 Å². The number of imidazole rings is 1. The molecule has 1 aromatic carbocycles. The maximum atomic E-state index is 12.3. The first-order valence-electron chi connectivity index (χ1n) is 9.44. The van der Waals surface area contributed by atoms with Crippen LogP contribution >= 0.6 is 11.3 Å². The van der Waals surface area contributed by atoms with Crippen LogP contribution in [0.2, 0.25) is 0 Å². The van der Waals surface area contributed by atoms with Gasteiger partial charge in [0.25, 0.3) is 5.91 Å². The summed E-state index contributed by atoms with van der Waals surface area (Å²) >= 11 is 1.50. The molecular weight excluding hydrogens is 386 g/mol. The average molecular weight is 410 g/mol. The Morgan fingerprint density at radius 2 is 2.03 bits per heavy atom. The molecule has 0 aliphatic carbocycles. The summed E-state index contributed by atoms with van der Waals surface area (Å²) < 4.78 is 0. The standard InChI is InChI=1S/C20H23N7OS/c1-13-6-7-14(27-26-13)10-22-20(28)17-12-29-19(25-17)8-9-21-11-18-23-15-4-2-3-5-16(15)24-18/h2-7,12,21,26-27H,8-11H2,1H3,(H,22,28)(H,23,24). The molecule has 0 atom stereocenters. The molecule has 8 nitrogen and oxygen atoms in total. The van der Waals surface area contributed by atoms with Gasteiger partial charge in [0, 0.05) is 24.0 Å². The number of rotatable bonds is 8. The Morgan fingerprint density at radius 1 is 1.14 bits per heavy atom. The van der Waals surface area contributed by atoms with Crippen molar-refractivity contribution in [2.45, 2.75) is 19.9 Å². The number of amides is 1. The molecule has 0 bridgehead atoms. The van der Waals surface area contributed by atoms with Gasteiger partial charge in [-0.15, -0.1) is 11.3 Å². The largest absolute Gasteiger partial charge is 0.345 e. The van der Waals surface area contributed by atoms with Gasteiger partial charge >= 0.3 is 0 Å². The van der Waals surface area contributed by atoms with E-state index in [0.29, 0.717) is 18.8 Å². The van der Waals surface area contributed by atoms with E-state index >= 15 is 0 Å². The monoisotopic (exact) mass is 409 g/mol. The van der Waals surface area contributed by atoms with Crippen LogP contribution in [0.5, 0.6) is 0 Å². The first-order valence-corrected chi connectivity index (χ1v) is 10.3. The molecule has 0 spiro atoms. The van der Waals surface area contributed by atoms with Gasteiger partial charge < -0.3 is 26.5 Å². The molecule has 1 aliphatic rings. The molecule has 1 aliphatic heterocycles. The van der Waals surface area contributed by atoms with Crippen molar-refractivity contribution in [1.82, 2.24) is 36.4 Å². The van der Waals surface area contributed by atoms with E-state index in [1.54, 1.807) is 5.38 Å². The lowest BCUT2D eigenvalue weighted by Crippen LogP contribution is -2.37. The Bertz CT molecular complexity index is 1030. The van der Waals surface area contributed by atoms with Crippen molar-refractivity contribution in [2.24, 2.45) is 0 Å². The molecule has 4 rings (SSSR count). The molecular formula is C20H23N7OS. The predicted octanol–water partition coefficient (Wildman–Crippen LogP) is 1.98. The number of H-pyrrole nitrogens is 1. The Morgan fingerprint density at radius 3 is 2.86 bits per heavy atom. The molecule has 0 saturated heterocycles. The van der Waals surface area contributed by atoms with Gasteiger partial charge in [0.15, 0.2) is 0 Å². The third-order valence-electron chi connectivity index (χ3n) is 4.43. The quantitative estimate of drug-likeness (QED) is 0.364. The molecule has 9 heteroatoms. The number of fused-ring (bicyclic) bond motifs is 1. The SMILES string of the molecule is CC1=CC=C(CNC(=O)c2csc(CCNCc3nc4ccccc4[nH]3)n2)NN1. The number of hydrazine groups is 1. The van der Waals surface area contributed by atoms with E-state index in [2.05, 4.69) is 36.4 Å². The molecule has 1 amide bonds. The summed E-state index contributed by atoms with van der Waals surface area (Å²) in [4.78, 5) is 24.6. The maximum absolute atomic E-state index is 12.3. The summed E-state index contributed by atoms with van der Waals surface area (Å²) in [5.74, 6) is 0.743. The molecule has 0 unspecified atom stereocenters. The minimum absolute atomic E-state index is 0.170. The number of allylic oxidation sites excluding steroid dienone is 3. The molecule has 150 valence electrons. The minimum Gasteiger partial charge on any atom is -0.345 e. The zero-order chi connectivity index (χ0) is 20.1. The van der Waals surface area contributed by atoms with Crippen LogP contribution < -0.4 is 21.5 Å². The third kappa shape index (κ3) is 5.01. The van der Waals surface area contributed by atoms with Gasteiger partial charge in [0.05, 0.1) is 34.8 Å². The lowest BCUT2D eigenvalue weighted by Gasteiger charge is -2.17. The molecule has 2 aromatic heterocycles. The summed E-state index contributed by atoms with van der Waals surface area (Å²) in [5.41, 5.74) is 10.4. The third-order valence-corrected chi connectivity index (χ3v) is 5.33. The van der Waals surface area contributed by atoms with Crippen LogP contribution in [0, 0.1) is 0 Å². The number of aromatic amines is 1. The second-order valence-corrected chi connectivity index (χ2v) is 7.67. The van der Waals surface area contributed by atoms with Crippen molar-refractivity contribution in [2.75, 3.05) is 13.1 Å². The van der Waals surface area contributed by atoms with Gasteiger partial charge in [0.2, 0.25) is 0 Å². The van der Waals surface area contributed by atoms with E-state index in [1.165, 1.54) is 11.3 Å². The number of hydrogen-bond acceptors (Lipinski definition) is 7. The van der Waals surface area contributed by atoms with Gasteiger partial charge in [-0.1, -0.05) is 12.1 Å². The van der Waals surface area contributed by atoms with Gasteiger partial charge in [-0.25, -0.2) is 9.97 Å². The van der Waals surface area contributed by atoms with Crippen LogP contribution in [0.25, 0.3) is 11.0 Å². The summed E-state index contributed by atoms with van der Waals surface area (Å²) in [6, 6.07) is 7.98. The molecule has 0 fully saturated rings. The highest BCUT2D eigenvalue weighted by atomic mass is 32.1. The first kappa shape index (κ1) is 19.2.